The van der Waals surface area contributed by atoms with E-state index in [1.165, 1.54) is 55.1 Å². The third-order valence-corrected chi connectivity index (χ3v) is 26.5. The molecule has 28 rings (SSSR count). The average Bonchev–Trinajstić information content (AvgIpc) is 1.67. The van der Waals surface area contributed by atoms with Crippen molar-refractivity contribution in [3.05, 3.63) is 456 Å². The standard InChI is InChI=1S/C44H27N5.C40H25N5.C38H23N5/c1-2-9-36-34(32-19-23-40-38(27-32)37-10-6-26-47-44(37)49(40)41-11-3-4-24-45-41)21-20-33(35(36)8-1)28-12-14-29(15-13-28)39-22-18-31-17-16-30-7-5-25-46-42(30)43(31)48-39;1-2-22-41-37(7-1)45-36-21-19-32(25-34(36)33-6-4-24-43-40(33)45)28-10-8-26(9-11-28)27-12-14-29(15-13-27)35-20-18-31-17-16-30-5-3-23-42-38(30)39(31)44-35;1-2-9-29-28(8-1)27(16-17-30(29)33-18-14-25-13-12-24-7-5-21-40-36(24)37(25)42-33)26-15-19-34-32(23-26)31-10-6-22-41-38(31)43(34)35-11-3-4-20-39-35/h1-27H;1-25H;1-23H. The van der Waals surface area contributed by atoms with Gasteiger partial charge in [-0.05, 0) is 223 Å². The van der Waals surface area contributed by atoms with Gasteiger partial charge in [0.2, 0.25) is 0 Å². The summed E-state index contributed by atoms with van der Waals surface area (Å²) < 4.78 is 6.42. The Morgan fingerprint density at radius 2 is 0.409 bits per heavy atom. The fraction of sp³-hybridized carbons (Fsp3) is 0. The molecule has 0 aliphatic heterocycles. The van der Waals surface area contributed by atoms with Gasteiger partial charge in [0, 0.05) is 137 Å². The molecule has 0 N–H and O–H groups in total. The monoisotopic (exact) mass is 1750 g/mol. The summed E-state index contributed by atoms with van der Waals surface area (Å²) in [6.07, 6.45) is 16.5. The quantitative estimate of drug-likeness (QED) is 0.113. The minimum absolute atomic E-state index is 0.856. The Balaban J connectivity index is 0.000000107. The normalized spacial score (nSPS) is 11.6. The molecule has 15 nitrogen and oxygen atoms in total. The number of benzene rings is 13. The summed E-state index contributed by atoms with van der Waals surface area (Å²) in [5.41, 5.74) is 29.3. The lowest BCUT2D eigenvalue weighted by atomic mass is 9.91. The van der Waals surface area contributed by atoms with E-state index in [-0.39, 0.29) is 0 Å². The molecule has 28 aromatic rings. The molecule has 137 heavy (non-hydrogen) atoms. The largest absolute Gasteiger partial charge is 0.278 e. The van der Waals surface area contributed by atoms with Gasteiger partial charge in [-0.3, -0.25) is 28.7 Å². The Hall–Kier alpha value is -18.9. The van der Waals surface area contributed by atoms with Crippen LogP contribution in [0.3, 0.4) is 0 Å². The highest BCUT2D eigenvalue weighted by atomic mass is 15.1. The molecule has 15 heteroatoms. The summed E-state index contributed by atoms with van der Waals surface area (Å²) >= 11 is 0. The van der Waals surface area contributed by atoms with Crippen molar-refractivity contribution in [1.29, 1.82) is 0 Å². The number of nitrogens with zero attached hydrogens (tertiary/aromatic N) is 15. The van der Waals surface area contributed by atoms with Crippen molar-refractivity contribution < 1.29 is 0 Å². The minimum Gasteiger partial charge on any atom is -0.278 e. The lowest BCUT2D eigenvalue weighted by Gasteiger charge is -2.13. The van der Waals surface area contributed by atoms with Gasteiger partial charge >= 0.3 is 0 Å². The molecule has 0 fully saturated rings. The molecule has 0 aliphatic rings. The molecule has 0 saturated carbocycles. The molecule has 0 aliphatic carbocycles. The summed E-state index contributed by atoms with van der Waals surface area (Å²) in [4.78, 5) is 57.2. The summed E-state index contributed by atoms with van der Waals surface area (Å²) in [5, 5.41) is 18.1. The second kappa shape index (κ2) is 33.2. The van der Waals surface area contributed by atoms with Crippen molar-refractivity contribution >= 4 is 153 Å². The molecule has 15 aromatic heterocycles. The van der Waals surface area contributed by atoms with E-state index < -0.39 is 0 Å². The van der Waals surface area contributed by atoms with Gasteiger partial charge in [0.15, 0.2) is 0 Å². The first kappa shape index (κ1) is 79.1. The van der Waals surface area contributed by atoms with E-state index >= 15 is 0 Å². The first-order valence-corrected chi connectivity index (χ1v) is 45.7. The van der Waals surface area contributed by atoms with Crippen LogP contribution in [0.25, 0.3) is 260 Å². The minimum atomic E-state index is 0.856. The maximum Gasteiger partial charge on any atom is 0.146 e. The van der Waals surface area contributed by atoms with Gasteiger partial charge in [0.1, 0.15) is 34.4 Å². The molecular weight excluding hydrogens is 1680 g/mol. The van der Waals surface area contributed by atoms with Gasteiger partial charge < -0.3 is 0 Å². The SMILES string of the molecule is c1ccc(-n2c3ccc(-c4ccc(-c5ccc(-c6ccc7ccc8cccnc8c7n6)cc5)c5ccccc45)cc3c3cccnc32)nc1.c1ccc(-n2c3ccc(-c4ccc(-c5ccc(-c6ccc7ccc8cccnc8c7n6)cc5)cc4)cc3c3cccnc32)nc1.c1ccc(-n2c3ccc(-c4ccc(-c5ccc6ccc7cccnc7c6n5)c5ccccc45)cc3c3cccnc32)nc1. The number of fused-ring (bicyclic) bond motifs is 20. The molecule has 0 spiro atoms. The fourth-order valence-electron chi connectivity index (χ4n) is 19.9. The predicted molar refractivity (Wildman–Crippen MR) is 559 cm³/mol. The second-order valence-corrected chi connectivity index (χ2v) is 34.3. The van der Waals surface area contributed by atoms with Crippen LogP contribution in [0.15, 0.2) is 456 Å². The van der Waals surface area contributed by atoms with Crippen LogP contribution >= 0.6 is 0 Å². The van der Waals surface area contributed by atoms with Crippen molar-refractivity contribution in [3.63, 3.8) is 0 Å². The Morgan fingerprint density at radius 3 is 0.788 bits per heavy atom. The Kier molecular flexibility index (Phi) is 19.2. The van der Waals surface area contributed by atoms with Crippen LogP contribution in [0.5, 0.6) is 0 Å². The summed E-state index contributed by atoms with van der Waals surface area (Å²) in [6, 6.07) is 140. The third kappa shape index (κ3) is 13.9. The number of rotatable bonds is 11. The van der Waals surface area contributed by atoms with Crippen molar-refractivity contribution in [2.24, 2.45) is 0 Å². The lowest BCUT2D eigenvalue weighted by Crippen LogP contribution is -1.97. The van der Waals surface area contributed by atoms with Crippen molar-refractivity contribution in [1.82, 2.24) is 73.5 Å². The number of hydrogen-bond acceptors (Lipinski definition) is 12. The van der Waals surface area contributed by atoms with E-state index in [2.05, 4.69) is 353 Å². The fourth-order valence-corrected chi connectivity index (χ4v) is 19.9. The van der Waals surface area contributed by atoms with Gasteiger partial charge in [0.05, 0.1) is 66.7 Å². The first-order valence-electron chi connectivity index (χ1n) is 45.7. The maximum atomic E-state index is 5.15. The van der Waals surface area contributed by atoms with Crippen molar-refractivity contribution in [2.45, 2.75) is 0 Å². The summed E-state index contributed by atoms with van der Waals surface area (Å²) in [7, 11) is 0. The Bertz CT molecular complexity index is 9670. The topological polar surface area (TPSA) is 169 Å². The molecule has 15 heterocycles. The molecular formula is C122H75N15. The van der Waals surface area contributed by atoms with Gasteiger partial charge in [-0.1, -0.05) is 255 Å². The van der Waals surface area contributed by atoms with E-state index in [0.717, 1.165) is 205 Å². The van der Waals surface area contributed by atoms with Crippen LogP contribution in [0.1, 0.15) is 0 Å². The van der Waals surface area contributed by atoms with Crippen LogP contribution < -0.4 is 0 Å². The third-order valence-electron chi connectivity index (χ3n) is 26.5. The highest BCUT2D eigenvalue weighted by Gasteiger charge is 2.23. The molecule has 0 radical (unpaired) electrons. The molecule has 0 saturated heterocycles. The highest BCUT2D eigenvalue weighted by molar-refractivity contribution is 6.16. The van der Waals surface area contributed by atoms with Crippen molar-refractivity contribution in [2.75, 3.05) is 0 Å². The highest BCUT2D eigenvalue weighted by Crippen LogP contribution is 2.45. The van der Waals surface area contributed by atoms with Gasteiger partial charge in [-0.2, -0.15) is 0 Å². The lowest BCUT2D eigenvalue weighted by molar-refractivity contribution is 1.06. The molecule has 0 atom stereocenters. The Labute approximate surface area is 784 Å². The molecule has 0 amide bonds. The van der Waals surface area contributed by atoms with Gasteiger partial charge in [0.25, 0.3) is 0 Å². The number of hydrogen-bond donors (Lipinski definition) is 0. The van der Waals surface area contributed by atoms with Crippen LogP contribution in [-0.2, 0) is 0 Å². The second-order valence-electron chi connectivity index (χ2n) is 34.3. The molecule has 638 valence electrons. The summed E-state index contributed by atoms with van der Waals surface area (Å²) in [5.74, 6) is 2.58. The van der Waals surface area contributed by atoms with Gasteiger partial charge in [-0.15, -0.1) is 0 Å². The van der Waals surface area contributed by atoms with Crippen LogP contribution in [0.2, 0.25) is 0 Å². The van der Waals surface area contributed by atoms with E-state index in [0.29, 0.717) is 0 Å². The zero-order valence-electron chi connectivity index (χ0n) is 73.5. The van der Waals surface area contributed by atoms with Crippen molar-refractivity contribution in [3.8, 4) is 107 Å². The Morgan fingerprint density at radius 1 is 0.146 bits per heavy atom. The van der Waals surface area contributed by atoms with Crippen LogP contribution in [-0.4, -0.2) is 73.5 Å². The smallest absolute Gasteiger partial charge is 0.146 e. The van der Waals surface area contributed by atoms with E-state index in [9.17, 15) is 0 Å². The molecule has 0 unspecified atom stereocenters. The molecule has 13 aromatic carbocycles. The summed E-state index contributed by atoms with van der Waals surface area (Å²) in [6.45, 7) is 0. The molecule has 0 bridgehead atoms. The first-order chi connectivity index (χ1) is 67.9. The van der Waals surface area contributed by atoms with Crippen LogP contribution in [0.4, 0.5) is 0 Å². The average molecular weight is 1750 g/mol. The van der Waals surface area contributed by atoms with E-state index in [1.54, 1.807) is 0 Å². The zero-order chi connectivity index (χ0) is 90.4. The number of aromatic nitrogens is 15. The maximum absolute atomic E-state index is 5.15. The zero-order valence-corrected chi connectivity index (χ0v) is 73.5. The predicted octanol–water partition coefficient (Wildman–Crippen LogP) is 29.7. The number of pyridine rings is 12. The van der Waals surface area contributed by atoms with Gasteiger partial charge in [-0.25, -0.2) is 44.9 Å². The van der Waals surface area contributed by atoms with E-state index in [1.807, 2.05) is 147 Å². The van der Waals surface area contributed by atoms with Crippen LogP contribution in [0, 0.1) is 0 Å². The van der Waals surface area contributed by atoms with E-state index in [4.69, 9.17) is 29.9 Å².